The lowest BCUT2D eigenvalue weighted by atomic mass is 10.1. The second-order valence-electron chi connectivity index (χ2n) is 4.49. The third kappa shape index (κ3) is 2.65. The van der Waals surface area contributed by atoms with Gasteiger partial charge in [-0.25, -0.2) is 0 Å². The van der Waals surface area contributed by atoms with Crippen LogP contribution < -0.4 is 0 Å². The molecule has 0 aromatic heterocycles. The lowest BCUT2D eigenvalue weighted by Crippen LogP contribution is -1.82. The molecular formula is C17H12ClNO. The Morgan fingerprint density at radius 3 is 2.55 bits per heavy atom. The van der Waals surface area contributed by atoms with E-state index in [9.17, 15) is 5.11 Å². The van der Waals surface area contributed by atoms with Crippen molar-refractivity contribution in [3.05, 3.63) is 71.2 Å². The number of hydrogen-bond acceptors (Lipinski definition) is 2. The normalized spacial score (nSPS) is 11.2. The van der Waals surface area contributed by atoms with Crippen molar-refractivity contribution in [2.45, 2.75) is 0 Å². The van der Waals surface area contributed by atoms with Crippen molar-refractivity contribution in [2.75, 3.05) is 0 Å². The van der Waals surface area contributed by atoms with E-state index >= 15 is 0 Å². The van der Waals surface area contributed by atoms with Crippen LogP contribution in [0.25, 0.3) is 10.8 Å². The Morgan fingerprint density at radius 2 is 1.70 bits per heavy atom. The van der Waals surface area contributed by atoms with Crippen LogP contribution >= 0.6 is 11.6 Å². The minimum absolute atomic E-state index is 0.166. The van der Waals surface area contributed by atoms with Crippen LogP contribution in [0.5, 0.6) is 5.75 Å². The minimum Gasteiger partial charge on any atom is -0.507 e. The van der Waals surface area contributed by atoms with E-state index in [4.69, 9.17) is 11.6 Å². The fraction of sp³-hybridized carbons (Fsp3) is 0. The Labute approximate surface area is 122 Å². The predicted molar refractivity (Wildman–Crippen MR) is 84.3 cm³/mol. The molecule has 0 heterocycles. The van der Waals surface area contributed by atoms with Crippen LogP contribution in [0.3, 0.4) is 0 Å². The van der Waals surface area contributed by atoms with Crippen molar-refractivity contribution in [1.82, 2.24) is 0 Å². The average molecular weight is 282 g/mol. The number of benzene rings is 3. The number of hydrogen-bond donors (Lipinski definition) is 1. The van der Waals surface area contributed by atoms with E-state index in [0.717, 1.165) is 11.1 Å². The van der Waals surface area contributed by atoms with Gasteiger partial charge in [0.2, 0.25) is 0 Å². The van der Waals surface area contributed by atoms with Crippen LogP contribution in [-0.4, -0.2) is 11.3 Å². The molecule has 3 heteroatoms. The summed E-state index contributed by atoms with van der Waals surface area (Å²) in [5.41, 5.74) is 1.44. The molecule has 0 saturated carbocycles. The van der Waals surface area contributed by atoms with Crippen LogP contribution in [0.2, 0.25) is 5.02 Å². The first-order chi connectivity index (χ1) is 9.72. The number of aliphatic imine (C=N–C) groups is 1. The summed E-state index contributed by atoms with van der Waals surface area (Å²) >= 11 is 5.90. The number of rotatable bonds is 2. The number of phenolic OH excluding ortho intramolecular Hbond substituents is 1. The quantitative estimate of drug-likeness (QED) is 0.662. The van der Waals surface area contributed by atoms with Gasteiger partial charge in [-0.05, 0) is 41.1 Å². The van der Waals surface area contributed by atoms with Gasteiger partial charge < -0.3 is 5.11 Å². The summed E-state index contributed by atoms with van der Waals surface area (Å²) in [6.45, 7) is 0. The highest BCUT2D eigenvalue weighted by Crippen LogP contribution is 2.23. The molecule has 0 radical (unpaired) electrons. The lowest BCUT2D eigenvalue weighted by Gasteiger charge is -2.01. The van der Waals surface area contributed by atoms with Crippen LogP contribution in [0.1, 0.15) is 5.56 Å². The van der Waals surface area contributed by atoms with Gasteiger partial charge in [-0.3, -0.25) is 4.99 Å². The molecule has 0 fully saturated rings. The zero-order valence-electron chi connectivity index (χ0n) is 10.6. The van der Waals surface area contributed by atoms with Crippen molar-refractivity contribution in [1.29, 1.82) is 0 Å². The second-order valence-corrected chi connectivity index (χ2v) is 4.93. The molecule has 1 N–H and O–H groups in total. The molecule has 0 aliphatic rings. The smallest absolute Gasteiger partial charge is 0.124 e. The van der Waals surface area contributed by atoms with E-state index in [0.29, 0.717) is 10.6 Å². The van der Waals surface area contributed by atoms with Gasteiger partial charge >= 0.3 is 0 Å². The van der Waals surface area contributed by atoms with E-state index in [1.165, 1.54) is 5.39 Å². The first kappa shape index (κ1) is 12.7. The Balaban J connectivity index is 1.96. The van der Waals surface area contributed by atoms with E-state index in [1.807, 2.05) is 36.4 Å². The molecule has 0 bridgehead atoms. The van der Waals surface area contributed by atoms with Gasteiger partial charge in [0.1, 0.15) is 5.75 Å². The van der Waals surface area contributed by atoms with Crippen molar-refractivity contribution >= 4 is 34.3 Å². The van der Waals surface area contributed by atoms with Gasteiger partial charge in [-0.15, -0.1) is 0 Å². The van der Waals surface area contributed by atoms with E-state index < -0.39 is 0 Å². The molecule has 2 nitrogen and oxygen atoms in total. The molecule has 0 atom stereocenters. The summed E-state index contributed by atoms with van der Waals surface area (Å²) < 4.78 is 0. The van der Waals surface area contributed by atoms with Crippen molar-refractivity contribution < 1.29 is 5.11 Å². The second kappa shape index (κ2) is 5.35. The molecule has 3 aromatic rings. The molecule has 0 spiro atoms. The van der Waals surface area contributed by atoms with Crippen LogP contribution in [0, 0.1) is 0 Å². The number of nitrogens with zero attached hydrogens (tertiary/aromatic N) is 1. The number of aromatic hydroxyl groups is 1. The van der Waals surface area contributed by atoms with Gasteiger partial charge in [-0.2, -0.15) is 0 Å². The van der Waals surface area contributed by atoms with E-state index in [2.05, 4.69) is 11.1 Å². The largest absolute Gasteiger partial charge is 0.507 e. The lowest BCUT2D eigenvalue weighted by molar-refractivity contribution is 0.474. The Hall–Kier alpha value is -2.32. The molecule has 0 unspecified atom stereocenters. The summed E-state index contributed by atoms with van der Waals surface area (Å²) in [4.78, 5) is 4.38. The monoisotopic (exact) mass is 281 g/mol. The standard InChI is InChI=1S/C17H12ClNO/c18-15-6-8-17(20)14(9-15)11-19-16-7-5-12-3-1-2-4-13(12)10-16/h1-11,20H. The summed E-state index contributed by atoms with van der Waals surface area (Å²) in [5.74, 6) is 0.166. The minimum atomic E-state index is 0.166. The number of fused-ring (bicyclic) bond motifs is 1. The fourth-order valence-electron chi connectivity index (χ4n) is 2.03. The van der Waals surface area contributed by atoms with Crippen molar-refractivity contribution in [3.8, 4) is 5.75 Å². The van der Waals surface area contributed by atoms with Crippen molar-refractivity contribution in [3.63, 3.8) is 0 Å². The Kier molecular flexibility index (Phi) is 3.40. The first-order valence-corrected chi connectivity index (χ1v) is 6.61. The van der Waals surface area contributed by atoms with E-state index in [1.54, 1.807) is 24.4 Å². The highest BCUT2D eigenvalue weighted by atomic mass is 35.5. The maximum Gasteiger partial charge on any atom is 0.124 e. The van der Waals surface area contributed by atoms with Gasteiger partial charge in [0.05, 0.1) is 5.69 Å². The molecule has 0 aliphatic carbocycles. The molecule has 0 saturated heterocycles. The average Bonchev–Trinajstić information content (AvgIpc) is 2.48. The molecule has 0 aliphatic heterocycles. The number of halogens is 1. The summed E-state index contributed by atoms with van der Waals surface area (Å²) in [6, 6.07) is 19.0. The maximum atomic E-state index is 9.73. The Bertz CT molecular complexity index is 796. The van der Waals surface area contributed by atoms with Gasteiger partial charge in [0.15, 0.2) is 0 Å². The molecule has 3 aromatic carbocycles. The van der Waals surface area contributed by atoms with Crippen LogP contribution in [0.15, 0.2) is 65.7 Å². The van der Waals surface area contributed by atoms with Gasteiger partial charge in [-0.1, -0.05) is 41.9 Å². The van der Waals surface area contributed by atoms with Crippen LogP contribution in [0.4, 0.5) is 5.69 Å². The summed E-state index contributed by atoms with van der Waals surface area (Å²) in [5, 5.41) is 12.6. The third-order valence-corrected chi connectivity index (χ3v) is 3.31. The fourth-order valence-corrected chi connectivity index (χ4v) is 2.21. The SMILES string of the molecule is Oc1ccc(Cl)cc1C=Nc1ccc2ccccc2c1. The highest BCUT2D eigenvalue weighted by molar-refractivity contribution is 6.30. The Morgan fingerprint density at radius 1 is 0.900 bits per heavy atom. The van der Waals surface area contributed by atoms with Gasteiger partial charge in [0, 0.05) is 16.8 Å². The third-order valence-electron chi connectivity index (χ3n) is 3.08. The van der Waals surface area contributed by atoms with Crippen molar-refractivity contribution in [2.24, 2.45) is 4.99 Å². The topological polar surface area (TPSA) is 32.6 Å². The van der Waals surface area contributed by atoms with Gasteiger partial charge in [0.25, 0.3) is 0 Å². The highest BCUT2D eigenvalue weighted by Gasteiger charge is 1.99. The summed E-state index contributed by atoms with van der Waals surface area (Å²) in [7, 11) is 0. The predicted octanol–water partition coefficient (Wildman–Crippen LogP) is 4.95. The van der Waals surface area contributed by atoms with E-state index in [-0.39, 0.29) is 5.75 Å². The molecule has 98 valence electrons. The summed E-state index contributed by atoms with van der Waals surface area (Å²) in [6.07, 6.45) is 1.62. The number of phenols is 1. The zero-order chi connectivity index (χ0) is 13.9. The molecule has 20 heavy (non-hydrogen) atoms. The zero-order valence-corrected chi connectivity index (χ0v) is 11.4. The molecular weight excluding hydrogens is 270 g/mol. The molecule has 3 rings (SSSR count). The van der Waals surface area contributed by atoms with Crippen LogP contribution in [-0.2, 0) is 0 Å². The maximum absolute atomic E-state index is 9.73. The first-order valence-electron chi connectivity index (χ1n) is 6.24. The molecule has 0 amide bonds.